The summed E-state index contributed by atoms with van der Waals surface area (Å²) in [5.41, 5.74) is 4.52. The molecule has 0 saturated carbocycles. The third kappa shape index (κ3) is 3.61. The van der Waals surface area contributed by atoms with Gasteiger partial charge in [-0.2, -0.15) is 0 Å². The van der Waals surface area contributed by atoms with Gasteiger partial charge in [0.15, 0.2) is 0 Å². The summed E-state index contributed by atoms with van der Waals surface area (Å²) in [5, 5.41) is 4.89. The van der Waals surface area contributed by atoms with Crippen molar-refractivity contribution in [2.75, 3.05) is 7.11 Å². The molecule has 2 N–H and O–H groups in total. The number of carbonyl (C=O) groups excluding carboxylic acids is 1. The van der Waals surface area contributed by atoms with Crippen LogP contribution in [0.2, 0.25) is 0 Å². The quantitative estimate of drug-likeness (QED) is 0.586. The van der Waals surface area contributed by atoms with Crippen LogP contribution >= 0.6 is 0 Å². The van der Waals surface area contributed by atoms with Crippen LogP contribution in [-0.2, 0) is 16.0 Å². The van der Waals surface area contributed by atoms with E-state index < -0.39 is 0 Å². The standard InChI is InChI=1S/C26H30FN3O2/c1-15(2)28-18-12-22(16-8-10-17(27)11-9-16)30-23(13-18)25-20(14-24(30)26(31)32-3)19-6-4-5-7-21(19)29-25/h4-11,15,18,22-24,28-29H,12-14H2,1-3H3/t18-,22+,23+,24+/m1/s1. The number of aromatic amines is 1. The molecule has 6 heteroatoms. The molecular formula is C26H30FN3O2. The van der Waals surface area contributed by atoms with Crippen LogP contribution < -0.4 is 5.32 Å². The predicted molar refractivity (Wildman–Crippen MR) is 123 cm³/mol. The number of halogens is 1. The Bertz CT molecular complexity index is 1120. The highest BCUT2D eigenvalue weighted by molar-refractivity contribution is 5.87. The molecular weight excluding hydrogens is 405 g/mol. The van der Waals surface area contributed by atoms with Crippen LogP contribution in [0.3, 0.4) is 0 Å². The number of ether oxygens (including phenoxy) is 1. The van der Waals surface area contributed by atoms with Crippen molar-refractivity contribution in [2.45, 2.75) is 63.3 Å². The first kappa shape index (κ1) is 21.2. The van der Waals surface area contributed by atoms with E-state index in [2.05, 4.69) is 41.2 Å². The van der Waals surface area contributed by atoms with Gasteiger partial charge in [-0.15, -0.1) is 0 Å². The number of para-hydroxylation sites is 1. The summed E-state index contributed by atoms with van der Waals surface area (Å²) in [6.45, 7) is 4.32. The number of aromatic nitrogens is 1. The molecule has 5 rings (SSSR count). The molecule has 0 aliphatic carbocycles. The van der Waals surface area contributed by atoms with Gasteiger partial charge in [0.25, 0.3) is 0 Å². The average Bonchev–Trinajstić information content (AvgIpc) is 3.16. The molecule has 0 unspecified atom stereocenters. The van der Waals surface area contributed by atoms with Gasteiger partial charge in [0.05, 0.1) is 13.2 Å². The number of piperidine rings is 1. The van der Waals surface area contributed by atoms with Crippen molar-refractivity contribution in [2.24, 2.45) is 0 Å². The number of rotatable bonds is 4. The Kier molecular flexibility index (Phi) is 5.51. The molecule has 1 saturated heterocycles. The second-order valence-corrected chi connectivity index (χ2v) is 9.33. The second-order valence-electron chi connectivity index (χ2n) is 9.33. The lowest BCUT2D eigenvalue weighted by Crippen LogP contribution is -2.56. The minimum Gasteiger partial charge on any atom is -0.468 e. The number of nitrogens with zero attached hydrogens (tertiary/aromatic N) is 1. The lowest BCUT2D eigenvalue weighted by atomic mass is 9.79. The minimum atomic E-state index is -0.383. The highest BCUT2D eigenvalue weighted by Crippen LogP contribution is 2.48. The smallest absolute Gasteiger partial charge is 0.323 e. The summed E-state index contributed by atoms with van der Waals surface area (Å²) in [6, 6.07) is 15.3. The molecule has 0 bridgehead atoms. The molecule has 2 aromatic carbocycles. The molecule has 168 valence electrons. The van der Waals surface area contributed by atoms with Gasteiger partial charge in [-0.25, -0.2) is 4.39 Å². The molecule has 0 radical (unpaired) electrons. The molecule has 3 heterocycles. The van der Waals surface area contributed by atoms with Crippen molar-refractivity contribution in [1.82, 2.24) is 15.2 Å². The molecule has 32 heavy (non-hydrogen) atoms. The summed E-state index contributed by atoms with van der Waals surface area (Å²) < 4.78 is 19.0. The van der Waals surface area contributed by atoms with Crippen molar-refractivity contribution in [3.63, 3.8) is 0 Å². The number of hydrogen-bond acceptors (Lipinski definition) is 4. The third-order valence-corrected chi connectivity index (χ3v) is 6.97. The number of fused-ring (bicyclic) bond motifs is 5. The summed E-state index contributed by atoms with van der Waals surface area (Å²) in [5.74, 6) is -0.465. The molecule has 1 fully saturated rings. The van der Waals surface area contributed by atoms with Crippen LogP contribution in [0.25, 0.3) is 10.9 Å². The van der Waals surface area contributed by atoms with Crippen LogP contribution in [0.5, 0.6) is 0 Å². The Morgan fingerprint density at radius 3 is 2.56 bits per heavy atom. The molecule has 4 atom stereocenters. The number of H-pyrrole nitrogens is 1. The maximum atomic E-state index is 13.7. The summed E-state index contributed by atoms with van der Waals surface area (Å²) >= 11 is 0. The first-order chi connectivity index (χ1) is 15.5. The Morgan fingerprint density at radius 2 is 1.84 bits per heavy atom. The number of methoxy groups -OCH3 is 1. The largest absolute Gasteiger partial charge is 0.468 e. The molecule has 0 amide bonds. The van der Waals surface area contributed by atoms with Crippen molar-refractivity contribution >= 4 is 16.9 Å². The van der Waals surface area contributed by atoms with Crippen molar-refractivity contribution in [1.29, 1.82) is 0 Å². The van der Waals surface area contributed by atoms with Gasteiger partial charge in [0.1, 0.15) is 11.9 Å². The Labute approximate surface area is 187 Å². The van der Waals surface area contributed by atoms with E-state index >= 15 is 0 Å². The van der Waals surface area contributed by atoms with Crippen molar-refractivity contribution in [3.8, 4) is 0 Å². The maximum absolute atomic E-state index is 13.7. The number of benzene rings is 2. The average molecular weight is 436 g/mol. The summed E-state index contributed by atoms with van der Waals surface area (Å²) in [6.07, 6.45) is 2.34. The van der Waals surface area contributed by atoms with E-state index in [1.807, 2.05) is 24.3 Å². The highest BCUT2D eigenvalue weighted by atomic mass is 19.1. The zero-order chi connectivity index (χ0) is 22.4. The normalized spacial score (nSPS) is 25.5. The van der Waals surface area contributed by atoms with E-state index in [0.717, 1.165) is 23.9 Å². The zero-order valence-electron chi connectivity index (χ0n) is 18.8. The topological polar surface area (TPSA) is 57.4 Å². The van der Waals surface area contributed by atoms with Crippen molar-refractivity contribution in [3.05, 3.63) is 71.2 Å². The van der Waals surface area contributed by atoms with Gasteiger partial charge in [-0.1, -0.05) is 44.2 Å². The summed E-state index contributed by atoms with van der Waals surface area (Å²) in [4.78, 5) is 19.0. The molecule has 1 aromatic heterocycles. The maximum Gasteiger partial charge on any atom is 0.323 e. The van der Waals surface area contributed by atoms with Crippen LogP contribution in [0.1, 0.15) is 55.6 Å². The van der Waals surface area contributed by atoms with E-state index in [-0.39, 0.29) is 36.0 Å². The van der Waals surface area contributed by atoms with E-state index in [9.17, 15) is 9.18 Å². The van der Waals surface area contributed by atoms with E-state index in [0.29, 0.717) is 12.5 Å². The minimum absolute atomic E-state index is 0.0192. The molecule has 3 aromatic rings. The lowest BCUT2D eigenvalue weighted by Gasteiger charge is -2.51. The second kappa shape index (κ2) is 8.34. The first-order valence-corrected chi connectivity index (χ1v) is 11.4. The number of carbonyl (C=O) groups is 1. The summed E-state index contributed by atoms with van der Waals surface area (Å²) in [7, 11) is 1.46. The zero-order valence-corrected chi connectivity index (χ0v) is 18.8. The fraction of sp³-hybridized carbons (Fsp3) is 0.423. The first-order valence-electron chi connectivity index (χ1n) is 11.4. The molecule has 0 spiro atoms. The number of nitrogens with one attached hydrogen (secondary N) is 2. The van der Waals surface area contributed by atoms with Crippen LogP contribution in [0.4, 0.5) is 4.39 Å². The van der Waals surface area contributed by atoms with Crippen LogP contribution in [-0.4, -0.2) is 41.1 Å². The lowest BCUT2D eigenvalue weighted by molar-refractivity contribution is -0.152. The fourth-order valence-corrected chi connectivity index (χ4v) is 5.76. The number of hydrogen-bond donors (Lipinski definition) is 2. The number of esters is 1. The fourth-order valence-electron chi connectivity index (χ4n) is 5.76. The molecule has 2 aliphatic rings. The third-order valence-electron chi connectivity index (χ3n) is 6.97. The van der Waals surface area contributed by atoms with E-state index in [1.165, 1.54) is 35.9 Å². The monoisotopic (exact) mass is 435 g/mol. The molecule has 5 nitrogen and oxygen atoms in total. The Morgan fingerprint density at radius 1 is 1.12 bits per heavy atom. The predicted octanol–water partition coefficient (Wildman–Crippen LogP) is 4.65. The van der Waals surface area contributed by atoms with Gasteiger partial charge < -0.3 is 15.0 Å². The van der Waals surface area contributed by atoms with Gasteiger partial charge in [0, 0.05) is 41.1 Å². The van der Waals surface area contributed by atoms with Gasteiger partial charge in [0.2, 0.25) is 0 Å². The Hall–Kier alpha value is -2.70. The van der Waals surface area contributed by atoms with E-state index in [4.69, 9.17) is 4.74 Å². The van der Waals surface area contributed by atoms with Gasteiger partial charge >= 0.3 is 5.97 Å². The van der Waals surface area contributed by atoms with Gasteiger partial charge in [-0.05, 0) is 42.2 Å². The highest BCUT2D eigenvalue weighted by Gasteiger charge is 2.48. The van der Waals surface area contributed by atoms with Crippen LogP contribution in [0.15, 0.2) is 48.5 Å². The van der Waals surface area contributed by atoms with Crippen LogP contribution in [0, 0.1) is 5.82 Å². The van der Waals surface area contributed by atoms with E-state index in [1.54, 1.807) is 0 Å². The SMILES string of the molecule is COC(=O)[C@@H]1Cc2c([nH]c3ccccc23)[C@@H]2C[C@H](NC(C)C)C[C@@H](c3ccc(F)cc3)N12. The van der Waals surface area contributed by atoms with Gasteiger partial charge in [-0.3, -0.25) is 9.69 Å². The van der Waals surface area contributed by atoms with Crippen molar-refractivity contribution < 1.29 is 13.9 Å². The molecule has 2 aliphatic heterocycles. The Balaban J connectivity index is 1.66.